The van der Waals surface area contributed by atoms with Crippen LogP contribution in [0.3, 0.4) is 0 Å². The zero-order valence-corrected chi connectivity index (χ0v) is 11.4. The first-order valence-corrected chi connectivity index (χ1v) is 6.22. The smallest absolute Gasteiger partial charge is 0.261 e. The van der Waals surface area contributed by atoms with Gasteiger partial charge in [-0.3, -0.25) is 4.79 Å². The average Bonchev–Trinajstić information content (AvgIpc) is 2.92. The van der Waals surface area contributed by atoms with E-state index in [1.54, 1.807) is 18.2 Å². The van der Waals surface area contributed by atoms with Gasteiger partial charge in [0.05, 0.1) is 5.02 Å². The maximum Gasteiger partial charge on any atom is 0.261 e. The number of benzene rings is 1. The van der Waals surface area contributed by atoms with Gasteiger partial charge in [0.1, 0.15) is 23.2 Å². The van der Waals surface area contributed by atoms with Crippen molar-refractivity contribution >= 4 is 23.6 Å². The van der Waals surface area contributed by atoms with E-state index in [2.05, 4.69) is 5.32 Å². The summed E-state index contributed by atoms with van der Waals surface area (Å²) in [5.74, 6) is 0.541. The molecule has 0 aliphatic heterocycles. The van der Waals surface area contributed by atoms with Gasteiger partial charge in [-0.25, -0.2) is 0 Å². The second-order valence-electron chi connectivity index (χ2n) is 3.93. The summed E-state index contributed by atoms with van der Waals surface area (Å²) in [7, 11) is 1.46. The standard InChI is InChI=1S/C15H11ClN2O2/c1-18-15(19)10(9-17)8-11-6-7-14(20-11)12-4-2-3-5-13(12)16/h2-8H,1H3,(H,18,19)/b10-8+. The van der Waals surface area contributed by atoms with Crippen LogP contribution in [0.5, 0.6) is 0 Å². The van der Waals surface area contributed by atoms with Crippen LogP contribution in [0.25, 0.3) is 17.4 Å². The third kappa shape index (κ3) is 2.90. The molecule has 1 N–H and O–H groups in total. The van der Waals surface area contributed by atoms with Gasteiger partial charge in [-0.2, -0.15) is 5.26 Å². The number of hydrogen-bond acceptors (Lipinski definition) is 3. The van der Waals surface area contributed by atoms with Crippen molar-refractivity contribution in [3.63, 3.8) is 0 Å². The van der Waals surface area contributed by atoms with E-state index in [-0.39, 0.29) is 5.57 Å². The van der Waals surface area contributed by atoms with E-state index in [0.717, 1.165) is 5.56 Å². The lowest BCUT2D eigenvalue weighted by atomic mass is 10.2. The highest BCUT2D eigenvalue weighted by molar-refractivity contribution is 6.33. The number of halogens is 1. The molecule has 5 heteroatoms. The normalized spacial score (nSPS) is 10.9. The summed E-state index contributed by atoms with van der Waals surface area (Å²) in [5.41, 5.74) is 0.736. The number of hydrogen-bond donors (Lipinski definition) is 1. The zero-order valence-electron chi connectivity index (χ0n) is 10.7. The zero-order chi connectivity index (χ0) is 14.5. The molecule has 2 aromatic rings. The summed E-state index contributed by atoms with van der Waals surface area (Å²) in [5, 5.41) is 11.9. The number of nitrogens with zero attached hydrogens (tertiary/aromatic N) is 1. The molecule has 2 rings (SSSR count). The van der Waals surface area contributed by atoms with Crippen LogP contribution in [-0.4, -0.2) is 13.0 Å². The van der Waals surface area contributed by atoms with Crippen LogP contribution in [0.1, 0.15) is 5.76 Å². The van der Waals surface area contributed by atoms with Crippen molar-refractivity contribution in [2.45, 2.75) is 0 Å². The number of nitriles is 1. The lowest BCUT2D eigenvalue weighted by molar-refractivity contribution is -0.116. The van der Waals surface area contributed by atoms with Crippen molar-refractivity contribution in [3.8, 4) is 17.4 Å². The predicted octanol–water partition coefficient (Wildman–Crippen LogP) is 3.25. The highest BCUT2D eigenvalue weighted by Crippen LogP contribution is 2.29. The molecule has 0 saturated carbocycles. The van der Waals surface area contributed by atoms with Crippen molar-refractivity contribution in [2.75, 3.05) is 7.05 Å². The number of likely N-dealkylation sites (N-methyl/N-ethyl adjacent to an activating group) is 1. The lowest BCUT2D eigenvalue weighted by Gasteiger charge is -1.99. The molecular formula is C15H11ClN2O2. The quantitative estimate of drug-likeness (QED) is 0.696. The van der Waals surface area contributed by atoms with Crippen molar-refractivity contribution in [2.24, 2.45) is 0 Å². The maximum atomic E-state index is 11.4. The molecule has 0 unspecified atom stereocenters. The third-order valence-electron chi connectivity index (χ3n) is 2.64. The van der Waals surface area contributed by atoms with Crippen LogP contribution in [0.4, 0.5) is 0 Å². The number of nitrogens with one attached hydrogen (secondary N) is 1. The van der Waals surface area contributed by atoms with Crippen LogP contribution in [0, 0.1) is 11.3 Å². The molecule has 0 atom stereocenters. The van der Waals surface area contributed by atoms with Gasteiger partial charge in [0.25, 0.3) is 5.91 Å². The van der Waals surface area contributed by atoms with Gasteiger partial charge in [0, 0.05) is 18.7 Å². The van der Waals surface area contributed by atoms with Gasteiger partial charge in [-0.05, 0) is 24.3 Å². The van der Waals surface area contributed by atoms with Crippen LogP contribution >= 0.6 is 11.6 Å². The summed E-state index contributed by atoms with van der Waals surface area (Å²) in [6.07, 6.45) is 1.39. The molecule has 0 bridgehead atoms. The van der Waals surface area contributed by atoms with E-state index in [1.807, 2.05) is 24.3 Å². The van der Waals surface area contributed by atoms with Gasteiger partial charge < -0.3 is 9.73 Å². The molecule has 1 aromatic carbocycles. The Morgan fingerprint density at radius 1 is 1.35 bits per heavy atom. The summed E-state index contributed by atoms with van der Waals surface area (Å²) < 4.78 is 5.59. The second-order valence-corrected chi connectivity index (χ2v) is 4.34. The van der Waals surface area contributed by atoms with Crippen molar-refractivity contribution in [1.82, 2.24) is 5.32 Å². The molecule has 0 aliphatic rings. The van der Waals surface area contributed by atoms with Gasteiger partial charge in [-0.1, -0.05) is 23.7 Å². The fourth-order valence-corrected chi connectivity index (χ4v) is 1.89. The lowest BCUT2D eigenvalue weighted by Crippen LogP contribution is -2.18. The molecule has 4 nitrogen and oxygen atoms in total. The van der Waals surface area contributed by atoms with Crippen molar-refractivity contribution in [1.29, 1.82) is 5.26 Å². The van der Waals surface area contributed by atoms with E-state index in [0.29, 0.717) is 16.5 Å². The molecule has 100 valence electrons. The van der Waals surface area contributed by atoms with Gasteiger partial charge >= 0.3 is 0 Å². The largest absolute Gasteiger partial charge is 0.457 e. The fraction of sp³-hybridized carbons (Fsp3) is 0.0667. The molecular weight excluding hydrogens is 276 g/mol. The molecule has 20 heavy (non-hydrogen) atoms. The second kappa shape index (κ2) is 6.09. The molecule has 1 amide bonds. The highest BCUT2D eigenvalue weighted by Gasteiger charge is 2.10. The Labute approximate surface area is 121 Å². The number of furan rings is 1. The van der Waals surface area contributed by atoms with Crippen LogP contribution in [-0.2, 0) is 4.79 Å². The third-order valence-corrected chi connectivity index (χ3v) is 2.97. The molecule has 0 spiro atoms. The minimum absolute atomic E-state index is 0.0208. The fourth-order valence-electron chi connectivity index (χ4n) is 1.66. The molecule has 0 fully saturated rings. The first-order valence-electron chi connectivity index (χ1n) is 5.84. The van der Waals surface area contributed by atoms with E-state index in [9.17, 15) is 4.79 Å². The minimum Gasteiger partial charge on any atom is -0.457 e. The monoisotopic (exact) mass is 286 g/mol. The molecule has 0 radical (unpaired) electrons. The Balaban J connectivity index is 2.35. The van der Waals surface area contributed by atoms with E-state index >= 15 is 0 Å². The number of carbonyl (C=O) groups excluding carboxylic acids is 1. The number of rotatable bonds is 3. The van der Waals surface area contributed by atoms with Gasteiger partial charge in [-0.15, -0.1) is 0 Å². The van der Waals surface area contributed by atoms with E-state index < -0.39 is 5.91 Å². The van der Waals surface area contributed by atoms with Crippen LogP contribution < -0.4 is 5.32 Å². The Bertz CT molecular complexity index is 711. The molecule has 0 saturated heterocycles. The summed E-state index contributed by atoms with van der Waals surface area (Å²) in [4.78, 5) is 11.4. The minimum atomic E-state index is -0.455. The van der Waals surface area contributed by atoms with E-state index in [4.69, 9.17) is 21.3 Å². The Kier molecular flexibility index (Phi) is 4.24. The predicted molar refractivity (Wildman–Crippen MR) is 76.8 cm³/mol. The molecule has 1 heterocycles. The van der Waals surface area contributed by atoms with Crippen LogP contribution in [0.15, 0.2) is 46.4 Å². The first kappa shape index (κ1) is 13.9. The SMILES string of the molecule is CNC(=O)/C(C#N)=C/c1ccc(-c2ccccc2Cl)o1. The van der Waals surface area contributed by atoms with Crippen LogP contribution in [0.2, 0.25) is 5.02 Å². The maximum absolute atomic E-state index is 11.4. The Hall–Kier alpha value is -2.51. The number of amides is 1. The summed E-state index contributed by atoms with van der Waals surface area (Å²) in [6.45, 7) is 0. The van der Waals surface area contributed by atoms with Gasteiger partial charge in [0.2, 0.25) is 0 Å². The molecule has 1 aromatic heterocycles. The highest BCUT2D eigenvalue weighted by atomic mass is 35.5. The molecule has 0 aliphatic carbocycles. The first-order chi connectivity index (χ1) is 9.65. The Morgan fingerprint density at radius 2 is 2.10 bits per heavy atom. The van der Waals surface area contributed by atoms with Gasteiger partial charge in [0.15, 0.2) is 0 Å². The number of carbonyl (C=O) groups is 1. The van der Waals surface area contributed by atoms with Crippen molar-refractivity contribution < 1.29 is 9.21 Å². The topological polar surface area (TPSA) is 66.0 Å². The summed E-state index contributed by atoms with van der Waals surface area (Å²) in [6, 6.07) is 12.5. The van der Waals surface area contributed by atoms with E-state index in [1.165, 1.54) is 13.1 Å². The average molecular weight is 287 g/mol. The Morgan fingerprint density at radius 3 is 2.75 bits per heavy atom. The van der Waals surface area contributed by atoms with Crippen molar-refractivity contribution in [3.05, 3.63) is 52.8 Å². The summed E-state index contributed by atoms with van der Waals surface area (Å²) >= 11 is 6.08.